The monoisotopic (exact) mass is 1050 g/mol. The summed E-state index contributed by atoms with van der Waals surface area (Å²) < 4.78 is 47.0. The number of halogens is 1. The van der Waals surface area contributed by atoms with Crippen molar-refractivity contribution >= 4 is 23.7 Å². The second-order valence-corrected chi connectivity index (χ2v) is 24.9. The largest absolute Gasteiger partial charge is 0.464 e. The number of allylic oxidation sites excluding steroid dienone is 4. The van der Waals surface area contributed by atoms with Crippen molar-refractivity contribution in [2.75, 3.05) is 34.3 Å². The standard InChI is InChI=1S/C56H91FN2O15/c1-15-42-55(11,68)47(64)34(7)59(14)28-29(2)26-54(10,67)48(32(5)45(63)33(6)49(65)72-42)74-50-46(40(58(12)13)23-31(4)71-50)73-43(62)18-16-17-21-70-51(66)56(69)30(3)22-37-36-25-39(57)38-24-35(60)19-20-52(38,8)44(36)41(61)27-53(37,56)9/h19-20,24,29-34,36-37,39-42,44-48,50,61,63-64,67-69H,15-18,21-23,25-28H2,1-14H3/t29-,30-,31-,32+,33-,34-,36?,37?,39+,40-,41+,42-,44?,45+,46?,47-,48-,50+,52+,53+,54-,55-,56+/m1/s1. The first-order valence-corrected chi connectivity index (χ1v) is 27.3. The van der Waals surface area contributed by atoms with E-state index in [0.29, 0.717) is 25.0 Å². The summed E-state index contributed by atoms with van der Waals surface area (Å²) in [6.07, 6.45) is -3.82. The molecule has 2 aliphatic heterocycles. The summed E-state index contributed by atoms with van der Waals surface area (Å²) in [6, 6.07) is -0.996. The molecule has 2 saturated heterocycles. The number of unbranched alkanes of at least 4 members (excludes halogenated alkanes) is 1. The maximum absolute atomic E-state index is 15.9. The van der Waals surface area contributed by atoms with Crippen LogP contribution in [0.1, 0.15) is 134 Å². The maximum Gasteiger partial charge on any atom is 0.338 e. The Bertz CT molecular complexity index is 2090. The van der Waals surface area contributed by atoms with Gasteiger partial charge in [-0.05, 0) is 149 Å². The summed E-state index contributed by atoms with van der Waals surface area (Å²) in [5.41, 5.74) is -7.12. The van der Waals surface area contributed by atoms with Crippen molar-refractivity contribution < 1.29 is 77.9 Å². The van der Waals surface area contributed by atoms with E-state index in [-0.39, 0.29) is 81.2 Å². The molecule has 0 aromatic heterocycles. The quantitative estimate of drug-likeness (QED) is 0.0952. The third kappa shape index (κ3) is 11.3. The van der Waals surface area contributed by atoms with Crippen molar-refractivity contribution in [1.82, 2.24) is 9.80 Å². The second-order valence-electron chi connectivity index (χ2n) is 24.9. The van der Waals surface area contributed by atoms with Gasteiger partial charge in [-0.2, -0.15) is 0 Å². The van der Waals surface area contributed by atoms with Crippen LogP contribution in [-0.2, 0) is 42.9 Å². The topological polar surface area (TPSA) is 242 Å². The van der Waals surface area contributed by atoms with Crippen LogP contribution in [0.2, 0.25) is 0 Å². The molecule has 23 atom stereocenters. The zero-order chi connectivity index (χ0) is 55.4. The predicted octanol–water partition coefficient (Wildman–Crippen LogP) is 4.44. The number of carbonyl (C=O) groups excluding carboxylic acids is 4. The molecule has 0 radical (unpaired) electrons. The number of hydrogen-bond acceptors (Lipinski definition) is 17. The number of fused-ring (bicyclic) bond motifs is 5. The van der Waals surface area contributed by atoms with Gasteiger partial charge in [0, 0.05) is 41.7 Å². The molecule has 3 saturated carbocycles. The van der Waals surface area contributed by atoms with E-state index in [1.807, 2.05) is 44.7 Å². The Hall–Kier alpha value is -2.91. The van der Waals surface area contributed by atoms with E-state index in [0.717, 1.165) is 0 Å². The van der Waals surface area contributed by atoms with Crippen LogP contribution in [-0.4, -0.2) is 183 Å². The van der Waals surface area contributed by atoms with Crippen molar-refractivity contribution in [2.45, 2.75) is 218 Å². The van der Waals surface area contributed by atoms with Gasteiger partial charge in [0.05, 0.1) is 48.6 Å². The number of alkyl halides is 1. The number of aliphatic hydroxyl groups excluding tert-OH is 3. The number of aliphatic hydroxyl groups is 6. The molecule has 17 nitrogen and oxygen atoms in total. The van der Waals surface area contributed by atoms with Gasteiger partial charge in [-0.1, -0.05) is 47.6 Å². The van der Waals surface area contributed by atoms with Crippen LogP contribution < -0.4 is 0 Å². The number of rotatable bonds is 11. The Morgan fingerprint density at radius 3 is 2.24 bits per heavy atom. The molecule has 4 unspecified atom stereocenters. The van der Waals surface area contributed by atoms with E-state index in [4.69, 9.17) is 23.7 Å². The molecule has 5 fully saturated rings. The first-order valence-electron chi connectivity index (χ1n) is 27.3. The molecule has 74 heavy (non-hydrogen) atoms. The van der Waals surface area contributed by atoms with Crippen LogP contribution in [0.3, 0.4) is 0 Å². The van der Waals surface area contributed by atoms with Gasteiger partial charge in [-0.3, -0.25) is 14.4 Å². The summed E-state index contributed by atoms with van der Waals surface area (Å²) in [7, 11) is 5.49. The fraction of sp³-hybridized carbons (Fsp3) is 0.857. The molecule has 0 spiro atoms. The molecule has 6 rings (SSSR count). The lowest BCUT2D eigenvalue weighted by Crippen LogP contribution is -2.63. The van der Waals surface area contributed by atoms with Crippen molar-refractivity contribution in [1.29, 1.82) is 0 Å². The molecule has 0 aromatic rings. The highest BCUT2D eigenvalue weighted by Crippen LogP contribution is 2.68. The van der Waals surface area contributed by atoms with Crippen LogP contribution >= 0.6 is 0 Å². The highest BCUT2D eigenvalue weighted by atomic mass is 19.1. The van der Waals surface area contributed by atoms with Crippen molar-refractivity contribution in [3.05, 3.63) is 23.8 Å². The Kier molecular flexibility index (Phi) is 18.6. The summed E-state index contributed by atoms with van der Waals surface area (Å²) >= 11 is 0. The van der Waals surface area contributed by atoms with Gasteiger partial charge < -0.3 is 64.1 Å². The van der Waals surface area contributed by atoms with Crippen LogP contribution in [0.5, 0.6) is 0 Å². The zero-order valence-electron chi connectivity index (χ0n) is 46.5. The SMILES string of the molecule is CC[C@H]1OC(=O)[C@H](C)[C@@H](O)[C@H](C)[C@@H](O[C@@H]2O[C@H](C)C[C@@H](N(C)C)C2OC(=O)CCCCOC(=O)[C@@]2(O)[C@H](C)CC3C4C[C@H](F)C5=CC(=O)C=C[C@]5(C)C4[C@@H](O)C[C@@]32C)[C@](C)(O)C[C@@H](C)CN(C)[C@H](C)[C@@H](O)[C@]1(C)O. The summed E-state index contributed by atoms with van der Waals surface area (Å²) in [5.74, 6) is -6.46. The Morgan fingerprint density at radius 2 is 1.61 bits per heavy atom. The van der Waals surface area contributed by atoms with E-state index >= 15 is 4.39 Å². The second kappa shape index (κ2) is 22.8. The minimum absolute atomic E-state index is 0.0726. The fourth-order valence-corrected chi connectivity index (χ4v) is 14.8. The van der Waals surface area contributed by atoms with Crippen molar-refractivity contribution in [2.24, 2.45) is 52.3 Å². The van der Waals surface area contributed by atoms with Crippen LogP contribution in [0.15, 0.2) is 23.8 Å². The molecule has 0 bridgehead atoms. The highest BCUT2D eigenvalue weighted by molar-refractivity contribution is 6.01. The minimum Gasteiger partial charge on any atom is -0.464 e. The van der Waals surface area contributed by atoms with Crippen LogP contribution in [0.25, 0.3) is 0 Å². The van der Waals surface area contributed by atoms with E-state index in [2.05, 4.69) is 0 Å². The summed E-state index contributed by atoms with van der Waals surface area (Å²) in [5, 5.41) is 71.6. The molecule has 422 valence electrons. The lowest BCUT2D eigenvalue weighted by Gasteiger charge is -2.59. The smallest absolute Gasteiger partial charge is 0.338 e. The van der Waals surface area contributed by atoms with Gasteiger partial charge in [-0.25, -0.2) is 9.18 Å². The van der Waals surface area contributed by atoms with E-state index in [1.54, 1.807) is 54.7 Å². The third-order valence-electron chi connectivity index (χ3n) is 19.1. The lowest BCUT2D eigenvalue weighted by atomic mass is 9.46. The Morgan fingerprint density at radius 1 is 0.946 bits per heavy atom. The summed E-state index contributed by atoms with van der Waals surface area (Å²) in [4.78, 5) is 57.7. The van der Waals surface area contributed by atoms with Crippen molar-refractivity contribution in [3.8, 4) is 0 Å². The minimum atomic E-state index is -1.97. The van der Waals surface area contributed by atoms with E-state index < -0.39 is 130 Å². The van der Waals surface area contributed by atoms with Gasteiger partial charge in [0.25, 0.3) is 0 Å². The number of nitrogens with zero attached hydrogens (tertiary/aromatic N) is 2. The normalized spacial score (nSPS) is 47.6. The van der Waals surface area contributed by atoms with Crippen molar-refractivity contribution in [3.63, 3.8) is 0 Å². The van der Waals surface area contributed by atoms with E-state index in [1.165, 1.54) is 26.0 Å². The number of cyclic esters (lactones) is 1. The number of ketones is 1. The van der Waals surface area contributed by atoms with Gasteiger partial charge in [0.1, 0.15) is 24.0 Å². The fourth-order valence-electron chi connectivity index (χ4n) is 14.8. The Labute approximate surface area is 438 Å². The van der Waals surface area contributed by atoms with Crippen LogP contribution in [0.4, 0.5) is 4.39 Å². The number of hydrogen-bond donors (Lipinski definition) is 6. The molecule has 0 aromatic carbocycles. The molecule has 6 N–H and O–H groups in total. The summed E-state index contributed by atoms with van der Waals surface area (Å²) in [6.45, 7) is 19.2. The maximum atomic E-state index is 15.9. The van der Waals surface area contributed by atoms with Crippen LogP contribution in [0, 0.1) is 52.3 Å². The van der Waals surface area contributed by atoms with Gasteiger partial charge in [0.2, 0.25) is 0 Å². The first-order chi connectivity index (χ1) is 34.3. The molecular weight excluding hydrogens is 960 g/mol. The zero-order valence-corrected chi connectivity index (χ0v) is 46.5. The number of likely N-dealkylation sites (N-methyl/N-ethyl adjacent to an activating group) is 2. The molecule has 6 aliphatic rings. The number of esters is 3. The number of carbonyl (C=O) groups is 4. The third-order valence-corrected chi connectivity index (χ3v) is 19.1. The molecule has 0 amide bonds. The predicted molar refractivity (Wildman–Crippen MR) is 271 cm³/mol. The Balaban J connectivity index is 1.13. The lowest BCUT2D eigenvalue weighted by molar-refractivity contribution is -0.301. The van der Waals surface area contributed by atoms with E-state index in [9.17, 15) is 49.8 Å². The highest BCUT2D eigenvalue weighted by Gasteiger charge is 2.72. The van der Waals surface area contributed by atoms with Gasteiger partial charge in [-0.15, -0.1) is 0 Å². The molecule has 18 heteroatoms. The van der Waals surface area contributed by atoms with Gasteiger partial charge >= 0.3 is 17.9 Å². The molecular formula is C56H91FN2O15. The first kappa shape index (κ1) is 60.3. The van der Waals surface area contributed by atoms with Gasteiger partial charge in [0.15, 0.2) is 23.8 Å². The number of ether oxygens (including phenoxy) is 5. The molecule has 2 heterocycles. The average Bonchev–Trinajstić information content (AvgIpc) is 3.52. The average molecular weight is 1050 g/mol. The molecule has 4 aliphatic carbocycles.